The third kappa shape index (κ3) is 3.61. The molecule has 22 heavy (non-hydrogen) atoms. The molecule has 0 bridgehead atoms. The Balaban J connectivity index is 2.35. The van der Waals surface area contributed by atoms with Crippen molar-refractivity contribution in [3.63, 3.8) is 0 Å². The maximum Gasteiger partial charge on any atom is 0.314 e. The second kappa shape index (κ2) is 7.23. The molecule has 1 aromatic heterocycles. The zero-order chi connectivity index (χ0) is 15.9. The van der Waals surface area contributed by atoms with Crippen LogP contribution in [-0.2, 0) is 9.53 Å². The van der Waals surface area contributed by atoms with E-state index in [-0.39, 0.29) is 6.61 Å². The smallest absolute Gasteiger partial charge is 0.314 e. The monoisotopic (exact) mass is 303 g/mol. The molecule has 1 aromatic carbocycles. The summed E-state index contributed by atoms with van der Waals surface area (Å²) in [5.41, 5.74) is 6.24. The SMILES string of the molecule is CCOC(NC(N)=O)C(=O)N(c1ccccc1)c1cn[nH]c1. The third-order valence-corrected chi connectivity index (χ3v) is 2.81. The first-order valence-corrected chi connectivity index (χ1v) is 6.69. The summed E-state index contributed by atoms with van der Waals surface area (Å²) in [5.74, 6) is -0.478. The molecule has 116 valence electrons. The first-order chi connectivity index (χ1) is 10.6. The topological polar surface area (TPSA) is 113 Å². The molecule has 0 aliphatic heterocycles. The summed E-state index contributed by atoms with van der Waals surface area (Å²) in [6.45, 7) is 1.96. The minimum absolute atomic E-state index is 0.241. The molecule has 0 fully saturated rings. The molecule has 1 heterocycles. The molecule has 3 amide bonds. The van der Waals surface area contributed by atoms with Gasteiger partial charge in [-0.2, -0.15) is 5.10 Å². The van der Waals surface area contributed by atoms with Crippen molar-refractivity contribution >= 4 is 23.3 Å². The van der Waals surface area contributed by atoms with E-state index in [4.69, 9.17) is 10.5 Å². The van der Waals surface area contributed by atoms with Crippen LogP contribution in [0.3, 0.4) is 0 Å². The van der Waals surface area contributed by atoms with Crippen molar-refractivity contribution in [2.75, 3.05) is 11.5 Å². The van der Waals surface area contributed by atoms with Gasteiger partial charge >= 0.3 is 6.03 Å². The summed E-state index contributed by atoms with van der Waals surface area (Å²) in [7, 11) is 0. The van der Waals surface area contributed by atoms with Crippen molar-refractivity contribution in [3.05, 3.63) is 42.7 Å². The Kier molecular flexibility index (Phi) is 5.10. The van der Waals surface area contributed by atoms with Gasteiger partial charge in [-0.1, -0.05) is 18.2 Å². The van der Waals surface area contributed by atoms with E-state index in [2.05, 4.69) is 15.5 Å². The van der Waals surface area contributed by atoms with Gasteiger partial charge in [-0.25, -0.2) is 4.79 Å². The van der Waals surface area contributed by atoms with Crippen molar-refractivity contribution in [3.8, 4) is 0 Å². The van der Waals surface area contributed by atoms with Gasteiger partial charge < -0.3 is 15.8 Å². The van der Waals surface area contributed by atoms with Crippen molar-refractivity contribution < 1.29 is 14.3 Å². The van der Waals surface area contributed by atoms with Crippen LogP contribution in [0.25, 0.3) is 0 Å². The summed E-state index contributed by atoms with van der Waals surface area (Å²) >= 11 is 0. The predicted octanol–water partition coefficient (Wildman–Crippen LogP) is 1.11. The Bertz CT molecular complexity index is 615. The van der Waals surface area contributed by atoms with Gasteiger partial charge in [-0.05, 0) is 19.1 Å². The van der Waals surface area contributed by atoms with Crippen molar-refractivity contribution in [1.82, 2.24) is 15.5 Å². The van der Waals surface area contributed by atoms with Crippen molar-refractivity contribution in [2.45, 2.75) is 13.2 Å². The van der Waals surface area contributed by atoms with Crippen LogP contribution < -0.4 is 16.0 Å². The number of anilines is 2. The van der Waals surface area contributed by atoms with Gasteiger partial charge in [0.1, 0.15) is 0 Å². The zero-order valence-electron chi connectivity index (χ0n) is 12.0. The van der Waals surface area contributed by atoms with Crippen molar-refractivity contribution in [1.29, 1.82) is 0 Å². The van der Waals surface area contributed by atoms with Gasteiger partial charge in [0.15, 0.2) is 0 Å². The van der Waals surface area contributed by atoms with Gasteiger partial charge in [0.2, 0.25) is 6.23 Å². The first-order valence-electron chi connectivity index (χ1n) is 6.69. The van der Waals surface area contributed by atoms with Crippen LogP contribution in [0.1, 0.15) is 6.92 Å². The number of aromatic amines is 1. The largest absolute Gasteiger partial charge is 0.352 e. The number of nitrogens with two attached hydrogens (primary N) is 1. The van der Waals surface area contributed by atoms with Crippen LogP contribution in [0.2, 0.25) is 0 Å². The predicted molar refractivity (Wildman–Crippen MR) is 80.3 cm³/mol. The van der Waals surface area contributed by atoms with E-state index >= 15 is 0 Å². The number of amides is 3. The van der Waals surface area contributed by atoms with Gasteiger partial charge in [-0.3, -0.25) is 14.8 Å². The Labute approximate surface area is 127 Å². The highest BCUT2D eigenvalue weighted by atomic mass is 16.5. The lowest BCUT2D eigenvalue weighted by Gasteiger charge is -2.26. The highest BCUT2D eigenvalue weighted by Gasteiger charge is 2.28. The number of carbonyl (C=O) groups is 2. The Morgan fingerprint density at radius 3 is 2.64 bits per heavy atom. The molecule has 2 rings (SSSR count). The van der Waals surface area contributed by atoms with Crippen LogP contribution in [0.5, 0.6) is 0 Å². The molecule has 0 radical (unpaired) electrons. The van der Waals surface area contributed by atoms with Crippen LogP contribution in [0.15, 0.2) is 42.7 Å². The minimum Gasteiger partial charge on any atom is -0.352 e. The fraction of sp³-hybridized carbons (Fsp3) is 0.214. The number of ether oxygens (including phenoxy) is 1. The number of para-hydroxylation sites is 1. The molecular weight excluding hydrogens is 286 g/mol. The summed E-state index contributed by atoms with van der Waals surface area (Å²) in [6, 6.07) is 8.12. The van der Waals surface area contributed by atoms with E-state index in [1.54, 1.807) is 37.4 Å². The molecule has 8 heteroatoms. The Morgan fingerprint density at radius 1 is 1.36 bits per heavy atom. The average Bonchev–Trinajstić information content (AvgIpc) is 3.01. The molecule has 1 atom stereocenters. The van der Waals surface area contributed by atoms with Gasteiger partial charge in [-0.15, -0.1) is 0 Å². The maximum absolute atomic E-state index is 12.8. The number of nitrogens with one attached hydrogen (secondary N) is 2. The summed E-state index contributed by atoms with van der Waals surface area (Å²) in [4.78, 5) is 25.2. The fourth-order valence-corrected chi connectivity index (χ4v) is 1.93. The van der Waals surface area contributed by atoms with Crippen LogP contribution in [0, 0.1) is 0 Å². The Hall–Kier alpha value is -2.87. The number of benzene rings is 1. The van der Waals surface area contributed by atoms with Gasteiger partial charge in [0.25, 0.3) is 5.91 Å². The molecule has 2 aromatic rings. The number of carbonyl (C=O) groups excluding carboxylic acids is 2. The number of hydrogen-bond acceptors (Lipinski definition) is 4. The molecule has 1 unspecified atom stereocenters. The second-order valence-corrected chi connectivity index (χ2v) is 4.31. The van der Waals surface area contributed by atoms with Gasteiger partial charge in [0, 0.05) is 18.5 Å². The average molecular weight is 303 g/mol. The standard InChI is InChI=1S/C14H17N5O3/c1-2-22-12(18-14(15)21)13(20)19(11-8-16-17-9-11)10-6-4-3-5-7-10/h3-9,12H,2H2,1H3,(H,16,17)(H3,15,18,21). The maximum atomic E-state index is 12.8. The van der Waals surface area contributed by atoms with Crippen LogP contribution >= 0.6 is 0 Å². The van der Waals surface area contributed by atoms with E-state index in [9.17, 15) is 9.59 Å². The second-order valence-electron chi connectivity index (χ2n) is 4.31. The number of primary amides is 1. The lowest BCUT2D eigenvalue weighted by molar-refractivity contribution is -0.130. The molecule has 4 N–H and O–H groups in total. The zero-order valence-corrected chi connectivity index (χ0v) is 12.0. The Morgan fingerprint density at radius 2 is 2.09 bits per heavy atom. The highest BCUT2D eigenvalue weighted by molar-refractivity contribution is 6.03. The summed E-state index contributed by atoms with van der Waals surface area (Å²) < 4.78 is 5.28. The number of H-pyrrole nitrogens is 1. The molecule has 0 spiro atoms. The lowest BCUT2D eigenvalue weighted by Crippen LogP contribution is -2.50. The minimum atomic E-state index is -1.18. The first kappa shape index (κ1) is 15.5. The fourth-order valence-electron chi connectivity index (χ4n) is 1.93. The molecular formula is C14H17N5O3. The number of nitrogens with zero attached hydrogens (tertiary/aromatic N) is 2. The number of hydrogen-bond donors (Lipinski definition) is 3. The summed E-state index contributed by atoms with van der Waals surface area (Å²) in [5, 5.41) is 8.78. The quantitative estimate of drug-likeness (QED) is 0.693. The van der Waals surface area contributed by atoms with Crippen LogP contribution in [-0.4, -0.2) is 35.0 Å². The normalized spacial score (nSPS) is 11.7. The number of urea groups is 1. The summed E-state index contributed by atoms with van der Waals surface area (Å²) in [6.07, 6.45) is 1.88. The molecule has 0 aliphatic carbocycles. The molecule has 0 saturated heterocycles. The molecule has 8 nitrogen and oxygen atoms in total. The van der Waals surface area contributed by atoms with E-state index in [0.29, 0.717) is 11.4 Å². The van der Waals surface area contributed by atoms with E-state index < -0.39 is 18.2 Å². The lowest BCUT2D eigenvalue weighted by atomic mass is 10.2. The van der Waals surface area contributed by atoms with E-state index in [1.807, 2.05) is 6.07 Å². The van der Waals surface area contributed by atoms with Gasteiger partial charge in [0.05, 0.1) is 11.9 Å². The highest BCUT2D eigenvalue weighted by Crippen LogP contribution is 2.25. The van der Waals surface area contributed by atoms with E-state index in [0.717, 1.165) is 0 Å². The number of aromatic nitrogens is 2. The molecule has 0 saturated carbocycles. The van der Waals surface area contributed by atoms with Crippen molar-refractivity contribution in [2.24, 2.45) is 5.73 Å². The van der Waals surface area contributed by atoms with E-state index in [1.165, 1.54) is 11.1 Å². The third-order valence-electron chi connectivity index (χ3n) is 2.81. The molecule has 0 aliphatic rings. The number of rotatable bonds is 6. The van der Waals surface area contributed by atoms with Crippen LogP contribution in [0.4, 0.5) is 16.2 Å².